The number of nitrogens with zero attached hydrogens (tertiary/aromatic N) is 1. The number of sulfonamides is 1. The number of H-pyrrole nitrogens is 2. The molecule has 0 bridgehead atoms. The fourth-order valence-corrected chi connectivity index (χ4v) is 4.45. The van der Waals surface area contributed by atoms with Crippen molar-refractivity contribution in [3.05, 3.63) is 58.3 Å². The molecule has 1 aliphatic heterocycles. The number of aromatic nitrogens is 2. The molecule has 23 heavy (non-hydrogen) atoms. The van der Waals surface area contributed by atoms with E-state index in [0.717, 1.165) is 4.31 Å². The molecule has 6 nitrogen and oxygen atoms in total. The van der Waals surface area contributed by atoms with Gasteiger partial charge in [-0.25, -0.2) is 17.6 Å². The van der Waals surface area contributed by atoms with Gasteiger partial charge in [0.2, 0.25) is 0 Å². The van der Waals surface area contributed by atoms with Crippen LogP contribution >= 0.6 is 0 Å². The number of rotatable bonds is 2. The molecule has 0 unspecified atom stereocenters. The van der Waals surface area contributed by atoms with Crippen LogP contribution in [0.1, 0.15) is 5.56 Å². The lowest BCUT2D eigenvalue weighted by Gasteiger charge is -2.20. The van der Waals surface area contributed by atoms with Gasteiger partial charge >= 0.3 is 5.69 Å². The van der Waals surface area contributed by atoms with Gasteiger partial charge in [0.25, 0.3) is 10.0 Å². The quantitative estimate of drug-likeness (QED) is 0.749. The molecule has 8 heteroatoms. The van der Waals surface area contributed by atoms with Crippen molar-refractivity contribution in [2.24, 2.45) is 0 Å². The Bertz CT molecular complexity index is 1080. The minimum atomic E-state index is -3.90. The zero-order valence-electron chi connectivity index (χ0n) is 11.8. The van der Waals surface area contributed by atoms with Gasteiger partial charge < -0.3 is 9.97 Å². The Morgan fingerprint density at radius 3 is 2.70 bits per heavy atom. The summed E-state index contributed by atoms with van der Waals surface area (Å²) in [5.74, 6) is -0.556. The van der Waals surface area contributed by atoms with E-state index in [9.17, 15) is 17.6 Å². The topological polar surface area (TPSA) is 86.0 Å². The van der Waals surface area contributed by atoms with Crippen molar-refractivity contribution in [1.29, 1.82) is 0 Å². The van der Waals surface area contributed by atoms with Crippen molar-refractivity contribution in [2.45, 2.75) is 11.3 Å². The average Bonchev–Trinajstić information content (AvgIpc) is 3.09. The third-order valence-electron chi connectivity index (χ3n) is 3.98. The Morgan fingerprint density at radius 1 is 1.09 bits per heavy atom. The number of hydrogen-bond acceptors (Lipinski definition) is 3. The maximum absolute atomic E-state index is 14.1. The largest absolute Gasteiger partial charge is 0.323 e. The Morgan fingerprint density at radius 2 is 1.87 bits per heavy atom. The number of para-hydroxylation sites is 1. The lowest BCUT2D eigenvalue weighted by atomic mass is 10.2. The zero-order chi connectivity index (χ0) is 16.2. The fourth-order valence-electron chi connectivity index (χ4n) is 2.91. The number of aromatic amines is 2. The van der Waals surface area contributed by atoms with Crippen LogP contribution < -0.4 is 9.99 Å². The first-order valence-corrected chi connectivity index (χ1v) is 8.43. The zero-order valence-corrected chi connectivity index (χ0v) is 12.7. The van der Waals surface area contributed by atoms with E-state index in [1.54, 1.807) is 12.1 Å². The van der Waals surface area contributed by atoms with Crippen molar-refractivity contribution < 1.29 is 12.8 Å². The number of halogens is 1. The predicted molar refractivity (Wildman–Crippen MR) is 83.6 cm³/mol. The van der Waals surface area contributed by atoms with Gasteiger partial charge in [0.1, 0.15) is 5.82 Å². The van der Waals surface area contributed by atoms with Crippen LogP contribution in [-0.4, -0.2) is 24.9 Å². The molecule has 2 N–H and O–H groups in total. The number of nitrogens with one attached hydrogen (secondary N) is 2. The van der Waals surface area contributed by atoms with Crippen LogP contribution in [0.4, 0.5) is 10.1 Å². The number of imidazole rings is 1. The minimum Gasteiger partial charge on any atom is -0.306 e. The highest BCUT2D eigenvalue weighted by molar-refractivity contribution is 7.92. The normalized spacial score (nSPS) is 14.4. The van der Waals surface area contributed by atoms with E-state index in [1.807, 2.05) is 0 Å². The van der Waals surface area contributed by atoms with Gasteiger partial charge in [0, 0.05) is 6.54 Å². The highest BCUT2D eigenvalue weighted by Crippen LogP contribution is 2.35. The van der Waals surface area contributed by atoms with Gasteiger partial charge in [0.05, 0.1) is 21.6 Å². The molecule has 0 saturated carbocycles. The molecular formula is C15H12FN3O3S. The Balaban J connectivity index is 1.86. The standard InChI is InChI=1S/C15H12FN3O3S/c16-11-3-1-2-9-6-7-19(14(9)11)23(21,22)10-4-5-12-13(8-10)18-15(20)17-12/h1-5,8H,6-7H2,(H2,17,18,20). The highest BCUT2D eigenvalue weighted by Gasteiger charge is 2.33. The maximum atomic E-state index is 14.1. The molecule has 1 aromatic heterocycles. The number of hydrogen-bond donors (Lipinski definition) is 2. The Kier molecular flexibility index (Phi) is 2.86. The Hall–Kier alpha value is -2.61. The first-order chi connectivity index (χ1) is 11.0. The van der Waals surface area contributed by atoms with E-state index in [4.69, 9.17) is 0 Å². The van der Waals surface area contributed by atoms with Crippen LogP contribution in [0.3, 0.4) is 0 Å². The molecule has 0 amide bonds. The summed E-state index contributed by atoms with van der Waals surface area (Å²) in [5, 5.41) is 0. The first-order valence-electron chi connectivity index (χ1n) is 6.99. The summed E-state index contributed by atoms with van der Waals surface area (Å²) in [7, 11) is -3.90. The van der Waals surface area contributed by atoms with E-state index in [2.05, 4.69) is 9.97 Å². The fraction of sp³-hybridized carbons (Fsp3) is 0.133. The van der Waals surface area contributed by atoms with Crippen LogP contribution in [0.25, 0.3) is 11.0 Å². The van der Waals surface area contributed by atoms with Gasteiger partial charge in [0.15, 0.2) is 0 Å². The van der Waals surface area contributed by atoms with Crippen LogP contribution in [0.15, 0.2) is 46.1 Å². The summed E-state index contributed by atoms with van der Waals surface area (Å²) in [4.78, 5) is 16.4. The summed E-state index contributed by atoms with van der Waals surface area (Å²) in [6.45, 7) is 0.195. The minimum absolute atomic E-state index is 0.0105. The van der Waals surface area contributed by atoms with Gasteiger partial charge in [-0.2, -0.15) is 0 Å². The van der Waals surface area contributed by atoms with E-state index in [-0.39, 0.29) is 17.1 Å². The molecule has 0 aliphatic carbocycles. The smallest absolute Gasteiger partial charge is 0.306 e. The number of benzene rings is 2. The second-order valence-electron chi connectivity index (χ2n) is 5.36. The summed E-state index contributed by atoms with van der Waals surface area (Å²) in [6, 6.07) is 8.83. The van der Waals surface area contributed by atoms with E-state index in [0.29, 0.717) is 23.0 Å². The SMILES string of the molecule is O=c1[nH]c2ccc(S(=O)(=O)N3CCc4cccc(F)c43)cc2[nH]1. The van der Waals surface area contributed by atoms with Gasteiger partial charge in [-0.1, -0.05) is 12.1 Å². The molecule has 0 fully saturated rings. The molecule has 0 atom stereocenters. The van der Waals surface area contributed by atoms with Crippen molar-refractivity contribution in [3.8, 4) is 0 Å². The van der Waals surface area contributed by atoms with Crippen molar-refractivity contribution in [2.75, 3.05) is 10.8 Å². The molecule has 4 rings (SSSR count). The molecule has 2 heterocycles. The third-order valence-corrected chi connectivity index (χ3v) is 5.77. The second kappa shape index (κ2) is 4.69. The maximum Gasteiger partial charge on any atom is 0.323 e. The molecule has 3 aromatic rings. The monoisotopic (exact) mass is 333 g/mol. The van der Waals surface area contributed by atoms with Crippen LogP contribution in [0.5, 0.6) is 0 Å². The van der Waals surface area contributed by atoms with Gasteiger partial charge in [-0.05, 0) is 36.2 Å². The summed E-state index contributed by atoms with van der Waals surface area (Å²) in [6.07, 6.45) is 0.468. The summed E-state index contributed by atoms with van der Waals surface area (Å²) in [5.41, 5.74) is 1.28. The van der Waals surface area contributed by atoms with Gasteiger partial charge in [-0.15, -0.1) is 0 Å². The molecule has 0 radical (unpaired) electrons. The van der Waals surface area contributed by atoms with Crippen molar-refractivity contribution >= 4 is 26.7 Å². The van der Waals surface area contributed by atoms with Crippen LogP contribution in [0, 0.1) is 5.82 Å². The summed E-state index contributed by atoms with van der Waals surface area (Å²) >= 11 is 0. The second-order valence-corrected chi connectivity index (χ2v) is 7.22. The summed E-state index contributed by atoms with van der Waals surface area (Å²) < 4.78 is 40.9. The lowest BCUT2D eigenvalue weighted by molar-refractivity contribution is 0.588. The van der Waals surface area contributed by atoms with Gasteiger partial charge in [-0.3, -0.25) is 4.31 Å². The van der Waals surface area contributed by atoms with Crippen LogP contribution in [0.2, 0.25) is 0 Å². The van der Waals surface area contributed by atoms with E-state index >= 15 is 0 Å². The highest BCUT2D eigenvalue weighted by atomic mass is 32.2. The predicted octanol–water partition coefficient (Wildman–Crippen LogP) is 1.75. The van der Waals surface area contributed by atoms with E-state index in [1.165, 1.54) is 24.3 Å². The molecule has 0 saturated heterocycles. The molecule has 1 aliphatic rings. The number of fused-ring (bicyclic) bond motifs is 2. The number of anilines is 1. The van der Waals surface area contributed by atoms with E-state index < -0.39 is 21.5 Å². The van der Waals surface area contributed by atoms with Crippen molar-refractivity contribution in [1.82, 2.24) is 9.97 Å². The lowest BCUT2D eigenvalue weighted by Crippen LogP contribution is -2.29. The molecule has 118 valence electrons. The van der Waals surface area contributed by atoms with Crippen LogP contribution in [-0.2, 0) is 16.4 Å². The first kappa shape index (κ1) is 14.0. The average molecular weight is 333 g/mol. The van der Waals surface area contributed by atoms with Crippen molar-refractivity contribution in [3.63, 3.8) is 0 Å². The molecule has 2 aromatic carbocycles. The molecule has 0 spiro atoms. The Labute approximate surface area is 130 Å². The third kappa shape index (κ3) is 2.06. The molecular weight excluding hydrogens is 321 g/mol.